The number of carbonyl (C=O) groups excluding carboxylic acids is 1. The van der Waals surface area contributed by atoms with E-state index in [4.69, 9.17) is 37.8 Å². The summed E-state index contributed by atoms with van der Waals surface area (Å²) in [4.78, 5) is 12.5. The zero-order valence-corrected chi connectivity index (χ0v) is 14.0. The molecule has 0 unspecified atom stereocenters. The molecule has 3 aromatic rings. The molecule has 0 bridgehead atoms. The summed E-state index contributed by atoms with van der Waals surface area (Å²) in [6, 6.07) is 11.4. The maximum atomic E-state index is 12.5. The van der Waals surface area contributed by atoms with Crippen molar-refractivity contribution in [3.05, 3.63) is 63.6 Å². The van der Waals surface area contributed by atoms with Gasteiger partial charge in [-0.2, -0.15) is 0 Å². The molecule has 122 valence electrons. The van der Waals surface area contributed by atoms with Gasteiger partial charge < -0.3 is 14.5 Å². The molecule has 0 saturated carbocycles. The molecule has 0 aliphatic heterocycles. The summed E-state index contributed by atoms with van der Waals surface area (Å²) in [5.74, 6) is -0.0498. The summed E-state index contributed by atoms with van der Waals surface area (Å²) in [5, 5.41) is 12.2. The molecule has 24 heavy (non-hydrogen) atoms. The molecule has 0 atom stereocenters. The highest BCUT2D eigenvalue weighted by Gasteiger charge is 2.14. The van der Waals surface area contributed by atoms with E-state index in [2.05, 4.69) is 5.32 Å². The normalized spacial score (nSPS) is 10.6. The Morgan fingerprint density at radius 2 is 1.83 bits per heavy atom. The van der Waals surface area contributed by atoms with Crippen molar-refractivity contribution in [2.24, 2.45) is 0 Å². The molecule has 1 amide bonds. The Balaban J connectivity index is 2.01. The molecule has 7 heteroatoms. The quantitative estimate of drug-likeness (QED) is 0.721. The Kier molecular flexibility index (Phi) is 4.46. The first-order valence-electron chi connectivity index (χ1n) is 6.91. The van der Waals surface area contributed by atoms with Gasteiger partial charge in [-0.25, -0.2) is 0 Å². The predicted octanol–water partition coefficient (Wildman–Crippen LogP) is 4.48. The minimum atomic E-state index is -0.508. The number of anilines is 1. The van der Waals surface area contributed by atoms with Gasteiger partial charge in [0.2, 0.25) is 5.55 Å². The molecule has 1 aromatic heterocycles. The van der Waals surface area contributed by atoms with Crippen LogP contribution in [0.4, 0.5) is 5.69 Å². The lowest BCUT2D eigenvalue weighted by molar-refractivity contribution is 0.102. The molecule has 0 fully saturated rings. The number of halogens is 2. The number of benzene rings is 2. The Bertz CT molecular complexity index is 999. The fourth-order valence-corrected chi connectivity index (χ4v) is 2.60. The minimum Gasteiger partial charge on any atom is -0.495 e. The summed E-state index contributed by atoms with van der Waals surface area (Å²) in [6.07, 6.45) is 0. The number of amides is 1. The molecule has 2 N–H and O–H groups in total. The molecule has 1 heterocycles. The topological polar surface area (TPSA) is 75.3 Å². The lowest BCUT2D eigenvalue weighted by Crippen LogP contribution is -2.21. The van der Waals surface area contributed by atoms with Gasteiger partial charge in [-0.15, -0.1) is 0 Å². The van der Waals surface area contributed by atoms with Gasteiger partial charge in [0.05, 0.1) is 12.8 Å². The fourth-order valence-electron chi connectivity index (χ4n) is 2.25. The van der Waals surface area contributed by atoms with Crippen LogP contribution in [0, 0.1) is 5.41 Å². The molecular weight excluding hydrogens is 351 g/mol. The van der Waals surface area contributed by atoms with Crippen LogP contribution < -0.4 is 15.6 Å². The molecule has 0 saturated heterocycles. The van der Waals surface area contributed by atoms with Gasteiger partial charge >= 0.3 is 0 Å². The van der Waals surface area contributed by atoms with Crippen molar-refractivity contribution >= 4 is 45.8 Å². The van der Waals surface area contributed by atoms with Crippen LogP contribution >= 0.6 is 23.2 Å². The number of fused-ring (bicyclic) bond motifs is 1. The van der Waals surface area contributed by atoms with Crippen molar-refractivity contribution in [3.8, 4) is 5.75 Å². The van der Waals surface area contributed by atoms with Crippen LogP contribution in [0.3, 0.4) is 0 Å². The van der Waals surface area contributed by atoms with Gasteiger partial charge in [-0.3, -0.25) is 10.2 Å². The second kappa shape index (κ2) is 6.55. The highest BCUT2D eigenvalue weighted by atomic mass is 35.5. The number of hydrogen-bond acceptors (Lipinski definition) is 4. The molecule has 0 aliphatic carbocycles. The maximum Gasteiger partial charge on any atom is 0.261 e. The average Bonchev–Trinajstić information content (AvgIpc) is 2.54. The van der Waals surface area contributed by atoms with E-state index in [9.17, 15) is 4.79 Å². The van der Waals surface area contributed by atoms with Gasteiger partial charge in [0.25, 0.3) is 5.91 Å². The van der Waals surface area contributed by atoms with Crippen molar-refractivity contribution in [2.75, 3.05) is 12.4 Å². The first-order chi connectivity index (χ1) is 11.5. The van der Waals surface area contributed by atoms with Crippen LogP contribution in [0.15, 0.2) is 46.9 Å². The van der Waals surface area contributed by atoms with Gasteiger partial charge in [-0.05, 0) is 42.5 Å². The second-order valence-corrected chi connectivity index (χ2v) is 5.84. The van der Waals surface area contributed by atoms with Gasteiger partial charge in [-0.1, -0.05) is 23.2 Å². The first kappa shape index (κ1) is 16.4. The van der Waals surface area contributed by atoms with Crippen LogP contribution in [0.1, 0.15) is 10.4 Å². The Labute approximate surface area is 147 Å². The van der Waals surface area contributed by atoms with Crippen LogP contribution in [0.25, 0.3) is 11.0 Å². The fraction of sp³-hybridized carbons (Fsp3) is 0.0588. The van der Waals surface area contributed by atoms with Gasteiger partial charge in [0, 0.05) is 15.4 Å². The van der Waals surface area contributed by atoms with E-state index in [1.807, 2.05) is 0 Å². The third kappa shape index (κ3) is 3.22. The number of ether oxygens (including phenoxy) is 1. The standard InChI is InChI=1S/C17H12Cl2N2O3/c1-23-15-5-3-11(19)8-13(15)21-17(22)12-7-9-6-10(18)2-4-14(9)24-16(12)20/h2-8,20H,1H3,(H,21,22). The molecule has 0 aliphatic rings. The smallest absolute Gasteiger partial charge is 0.261 e. The highest BCUT2D eigenvalue weighted by molar-refractivity contribution is 6.31. The van der Waals surface area contributed by atoms with Crippen LogP contribution in [0.5, 0.6) is 5.75 Å². The van der Waals surface area contributed by atoms with Gasteiger partial charge in [0.15, 0.2) is 0 Å². The summed E-state index contributed by atoms with van der Waals surface area (Å²) in [5.41, 5.74) is 0.706. The van der Waals surface area contributed by atoms with Gasteiger partial charge in [0.1, 0.15) is 16.9 Å². The molecule has 0 spiro atoms. The Morgan fingerprint density at radius 1 is 1.12 bits per heavy atom. The largest absolute Gasteiger partial charge is 0.495 e. The third-order valence-corrected chi connectivity index (χ3v) is 3.85. The van der Waals surface area contributed by atoms with Crippen LogP contribution in [0.2, 0.25) is 10.0 Å². The number of nitrogens with one attached hydrogen (secondary N) is 2. The lowest BCUT2D eigenvalue weighted by atomic mass is 10.1. The molecule has 5 nitrogen and oxygen atoms in total. The zero-order valence-electron chi connectivity index (χ0n) is 12.5. The monoisotopic (exact) mass is 362 g/mol. The van der Waals surface area contributed by atoms with E-state index in [1.54, 1.807) is 42.5 Å². The maximum absolute atomic E-state index is 12.5. The average molecular weight is 363 g/mol. The van der Waals surface area contributed by atoms with E-state index in [0.717, 1.165) is 0 Å². The zero-order chi connectivity index (χ0) is 17.3. The predicted molar refractivity (Wildman–Crippen MR) is 93.0 cm³/mol. The Morgan fingerprint density at radius 3 is 2.58 bits per heavy atom. The number of carbonyl (C=O) groups is 1. The van der Waals surface area contributed by atoms with E-state index < -0.39 is 5.91 Å². The van der Waals surface area contributed by atoms with E-state index in [-0.39, 0.29) is 11.1 Å². The lowest BCUT2D eigenvalue weighted by Gasteiger charge is -2.10. The number of methoxy groups -OCH3 is 1. The third-order valence-electron chi connectivity index (χ3n) is 3.38. The number of hydrogen-bond donors (Lipinski definition) is 2. The van der Waals surface area contributed by atoms with E-state index >= 15 is 0 Å². The van der Waals surface area contributed by atoms with E-state index in [1.165, 1.54) is 7.11 Å². The summed E-state index contributed by atoms with van der Waals surface area (Å²) >= 11 is 11.9. The van der Waals surface area contributed by atoms with Crippen molar-refractivity contribution in [1.29, 1.82) is 5.41 Å². The molecule has 3 rings (SSSR count). The summed E-state index contributed by atoms with van der Waals surface area (Å²) in [7, 11) is 1.49. The number of rotatable bonds is 3. The van der Waals surface area contributed by atoms with Crippen molar-refractivity contribution < 1.29 is 13.9 Å². The molecular formula is C17H12Cl2N2O3. The molecule has 0 radical (unpaired) electrons. The minimum absolute atomic E-state index is 0.0757. The summed E-state index contributed by atoms with van der Waals surface area (Å²) in [6.45, 7) is 0. The first-order valence-corrected chi connectivity index (χ1v) is 7.66. The van der Waals surface area contributed by atoms with Crippen molar-refractivity contribution in [1.82, 2.24) is 0 Å². The Hall–Kier alpha value is -2.50. The molecule has 2 aromatic carbocycles. The van der Waals surface area contributed by atoms with Crippen LogP contribution in [-0.4, -0.2) is 13.0 Å². The van der Waals surface area contributed by atoms with Crippen molar-refractivity contribution in [3.63, 3.8) is 0 Å². The summed E-state index contributed by atoms with van der Waals surface area (Å²) < 4.78 is 10.6. The SMILES string of the molecule is COc1ccc(Cl)cc1NC(=O)c1cc2cc(Cl)ccc2oc1=N. The highest BCUT2D eigenvalue weighted by Crippen LogP contribution is 2.28. The second-order valence-electron chi connectivity index (χ2n) is 4.97. The van der Waals surface area contributed by atoms with Crippen molar-refractivity contribution in [2.45, 2.75) is 0 Å². The van der Waals surface area contributed by atoms with E-state index in [0.29, 0.717) is 32.5 Å². The van der Waals surface area contributed by atoms with Crippen LogP contribution in [-0.2, 0) is 0 Å².